The highest BCUT2D eigenvalue weighted by Gasteiger charge is 2.09. The highest BCUT2D eigenvalue weighted by Crippen LogP contribution is 2.18. The molecule has 88 valence electrons. The lowest BCUT2D eigenvalue weighted by Crippen LogP contribution is -2.33. The molecule has 16 heavy (non-hydrogen) atoms. The first-order chi connectivity index (χ1) is 7.69. The van der Waals surface area contributed by atoms with Gasteiger partial charge in [0.2, 0.25) is 5.91 Å². The van der Waals surface area contributed by atoms with Crippen LogP contribution in [0.2, 0.25) is 0 Å². The molecule has 4 nitrogen and oxygen atoms in total. The number of nitrogens with one attached hydrogen (secondary N) is 1. The van der Waals surface area contributed by atoms with Gasteiger partial charge in [0.1, 0.15) is 5.75 Å². The number of hydrogen-bond acceptors (Lipinski definition) is 3. The zero-order valence-electron chi connectivity index (χ0n) is 9.99. The summed E-state index contributed by atoms with van der Waals surface area (Å²) in [5, 5.41) is 2.83. The molecular formula is C12H18N2O2. The molecule has 1 amide bonds. The molecule has 0 radical (unpaired) electrons. The van der Waals surface area contributed by atoms with Crippen LogP contribution in [0.3, 0.4) is 0 Å². The molecule has 1 rings (SSSR count). The number of hydrogen-bond donors (Lipinski definition) is 1. The Balaban J connectivity index is 2.69. The molecule has 0 unspecified atom stereocenters. The van der Waals surface area contributed by atoms with Crippen LogP contribution in [0.4, 0.5) is 5.69 Å². The Labute approximate surface area is 96.2 Å². The number of ether oxygens (including phenoxy) is 1. The normalized spacial score (nSPS) is 9.94. The molecule has 0 spiro atoms. The van der Waals surface area contributed by atoms with Crippen LogP contribution in [0, 0.1) is 0 Å². The van der Waals surface area contributed by atoms with Crippen molar-refractivity contribution in [2.24, 2.45) is 0 Å². The first-order valence-corrected chi connectivity index (χ1v) is 5.33. The first-order valence-electron chi connectivity index (χ1n) is 5.33. The number of amides is 1. The summed E-state index contributed by atoms with van der Waals surface area (Å²) >= 11 is 0. The zero-order chi connectivity index (χ0) is 12.0. The number of anilines is 1. The number of rotatable bonds is 5. The first kappa shape index (κ1) is 12.5. The summed E-state index contributed by atoms with van der Waals surface area (Å²) in [5.74, 6) is 0.854. The number of benzene rings is 1. The van der Waals surface area contributed by atoms with Gasteiger partial charge >= 0.3 is 0 Å². The lowest BCUT2D eigenvalue weighted by atomic mass is 10.3. The summed E-state index contributed by atoms with van der Waals surface area (Å²) in [6.45, 7) is 2.92. The van der Waals surface area contributed by atoms with Crippen molar-refractivity contribution in [1.29, 1.82) is 0 Å². The van der Waals surface area contributed by atoms with E-state index in [9.17, 15) is 4.79 Å². The Hall–Kier alpha value is -1.55. The van der Waals surface area contributed by atoms with Crippen molar-refractivity contribution >= 4 is 11.6 Å². The van der Waals surface area contributed by atoms with Crippen LogP contribution >= 0.6 is 0 Å². The van der Waals surface area contributed by atoms with E-state index in [0.29, 0.717) is 13.2 Å². The fourth-order valence-corrected chi connectivity index (χ4v) is 1.35. The predicted molar refractivity (Wildman–Crippen MR) is 64.9 cm³/mol. The van der Waals surface area contributed by atoms with E-state index in [1.54, 1.807) is 19.0 Å². The van der Waals surface area contributed by atoms with Gasteiger partial charge in [0.15, 0.2) is 0 Å². The molecule has 0 saturated carbocycles. The molecule has 0 aliphatic carbocycles. The highest BCUT2D eigenvalue weighted by molar-refractivity contribution is 5.94. The van der Waals surface area contributed by atoms with Crippen molar-refractivity contribution in [2.45, 2.75) is 6.92 Å². The average molecular weight is 222 g/mol. The number of likely N-dealkylation sites (N-methyl/N-ethyl adjacent to an activating group) is 2. The van der Waals surface area contributed by atoms with Gasteiger partial charge in [-0.1, -0.05) is 0 Å². The lowest BCUT2D eigenvalue weighted by molar-refractivity contribution is -0.117. The maximum Gasteiger partial charge on any atom is 0.240 e. The summed E-state index contributed by atoms with van der Waals surface area (Å²) in [6.07, 6.45) is 0. The third-order valence-electron chi connectivity index (χ3n) is 2.24. The van der Waals surface area contributed by atoms with E-state index >= 15 is 0 Å². The highest BCUT2D eigenvalue weighted by atomic mass is 16.5. The topological polar surface area (TPSA) is 41.6 Å². The van der Waals surface area contributed by atoms with Crippen LogP contribution in [-0.2, 0) is 4.79 Å². The predicted octanol–water partition coefficient (Wildman–Crippen LogP) is 1.27. The number of carbonyl (C=O) groups is 1. The van der Waals surface area contributed by atoms with E-state index in [-0.39, 0.29) is 5.91 Å². The van der Waals surface area contributed by atoms with Crippen molar-refractivity contribution in [3.05, 3.63) is 24.3 Å². The molecule has 0 atom stereocenters. The molecule has 0 aliphatic heterocycles. The molecule has 0 heterocycles. The van der Waals surface area contributed by atoms with E-state index in [1.165, 1.54) is 0 Å². The zero-order valence-corrected chi connectivity index (χ0v) is 9.99. The summed E-state index contributed by atoms with van der Waals surface area (Å²) < 4.78 is 5.33. The van der Waals surface area contributed by atoms with Gasteiger partial charge in [-0.3, -0.25) is 4.79 Å². The van der Waals surface area contributed by atoms with Gasteiger partial charge in [0, 0.05) is 12.7 Å². The van der Waals surface area contributed by atoms with E-state index in [1.807, 2.05) is 31.2 Å². The van der Waals surface area contributed by atoms with Crippen molar-refractivity contribution in [2.75, 3.05) is 32.1 Å². The molecule has 1 aromatic carbocycles. The summed E-state index contributed by atoms with van der Waals surface area (Å²) in [5.41, 5.74) is 0.865. The molecular weight excluding hydrogens is 204 g/mol. The molecule has 0 saturated heterocycles. The Kier molecular flexibility index (Phi) is 4.79. The van der Waals surface area contributed by atoms with Gasteiger partial charge in [-0.15, -0.1) is 0 Å². The van der Waals surface area contributed by atoms with E-state index in [2.05, 4.69) is 5.32 Å². The third-order valence-corrected chi connectivity index (χ3v) is 2.24. The van der Waals surface area contributed by atoms with Crippen molar-refractivity contribution in [1.82, 2.24) is 5.32 Å². The van der Waals surface area contributed by atoms with E-state index in [4.69, 9.17) is 4.74 Å². The summed E-state index contributed by atoms with van der Waals surface area (Å²) in [7, 11) is 3.51. The van der Waals surface area contributed by atoms with Gasteiger partial charge in [-0.25, -0.2) is 0 Å². The molecule has 0 aromatic heterocycles. The fourth-order valence-electron chi connectivity index (χ4n) is 1.35. The Morgan fingerprint density at radius 1 is 1.38 bits per heavy atom. The van der Waals surface area contributed by atoms with Gasteiger partial charge in [-0.2, -0.15) is 0 Å². The van der Waals surface area contributed by atoms with Crippen molar-refractivity contribution < 1.29 is 9.53 Å². The molecule has 1 aromatic rings. The van der Waals surface area contributed by atoms with Crippen LogP contribution < -0.4 is 15.0 Å². The minimum absolute atomic E-state index is 0.0339. The molecule has 4 heteroatoms. The minimum Gasteiger partial charge on any atom is -0.494 e. The van der Waals surface area contributed by atoms with Crippen LogP contribution in [0.25, 0.3) is 0 Å². The van der Waals surface area contributed by atoms with E-state index in [0.717, 1.165) is 11.4 Å². The van der Waals surface area contributed by atoms with Gasteiger partial charge in [-0.05, 0) is 38.2 Å². The molecule has 0 bridgehead atoms. The fraction of sp³-hybridized carbons (Fsp3) is 0.417. The Morgan fingerprint density at radius 3 is 2.50 bits per heavy atom. The van der Waals surface area contributed by atoms with Gasteiger partial charge < -0.3 is 15.0 Å². The van der Waals surface area contributed by atoms with Crippen molar-refractivity contribution in [3.8, 4) is 5.75 Å². The van der Waals surface area contributed by atoms with Crippen LogP contribution in [0.5, 0.6) is 5.75 Å². The van der Waals surface area contributed by atoms with Crippen molar-refractivity contribution in [3.63, 3.8) is 0 Å². The second-order valence-corrected chi connectivity index (χ2v) is 3.41. The second-order valence-electron chi connectivity index (χ2n) is 3.41. The Morgan fingerprint density at radius 2 is 2.00 bits per heavy atom. The SMILES string of the molecule is CCOc1ccc(N(C)C(=O)CNC)cc1. The average Bonchev–Trinajstić information content (AvgIpc) is 2.30. The second kappa shape index (κ2) is 6.12. The van der Waals surface area contributed by atoms with Crippen LogP contribution in [0.15, 0.2) is 24.3 Å². The molecule has 0 fully saturated rings. The van der Waals surface area contributed by atoms with Gasteiger partial charge in [0.25, 0.3) is 0 Å². The quantitative estimate of drug-likeness (QED) is 0.815. The van der Waals surface area contributed by atoms with E-state index < -0.39 is 0 Å². The minimum atomic E-state index is 0.0339. The Bertz CT molecular complexity index is 335. The number of carbonyl (C=O) groups excluding carboxylic acids is 1. The largest absolute Gasteiger partial charge is 0.494 e. The maximum atomic E-state index is 11.6. The number of nitrogens with zero attached hydrogens (tertiary/aromatic N) is 1. The monoisotopic (exact) mass is 222 g/mol. The third kappa shape index (κ3) is 3.24. The van der Waals surface area contributed by atoms with Crippen LogP contribution in [0.1, 0.15) is 6.92 Å². The smallest absolute Gasteiger partial charge is 0.240 e. The standard InChI is InChI=1S/C12H18N2O2/c1-4-16-11-7-5-10(6-8-11)14(3)12(15)9-13-2/h5-8,13H,4,9H2,1-3H3. The van der Waals surface area contributed by atoms with Gasteiger partial charge in [0.05, 0.1) is 13.2 Å². The maximum absolute atomic E-state index is 11.6. The molecule has 0 aliphatic rings. The molecule has 1 N–H and O–H groups in total. The lowest BCUT2D eigenvalue weighted by Gasteiger charge is -2.17. The summed E-state index contributed by atoms with van der Waals surface area (Å²) in [4.78, 5) is 13.2. The summed E-state index contributed by atoms with van der Waals surface area (Å²) in [6, 6.07) is 7.47. The van der Waals surface area contributed by atoms with Crippen LogP contribution in [-0.4, -0.2) is 33.2 Å².